The summed E-state index contributed by atoms with van der Waals surface area (Å²) in [6.07, 6.45) is -4.29. The van der Waals surface area contributed by atoms with Crippen molar-refractivity contribution in [3.05, 3.63) is 33.8 Å². The van der Waals surface area contributed by atoms with E-state index in [0.29, 0.717) is 4.47 Å². The minimum Gasteiger partial charge on any atom is -0.166 e. The van der Waals surface area contributed by atoms with Crippen molar-refractivity contribution in [2.45, 2.75) is 13.1 Å². The van der Waals surface area contributed by atoms with E-state index in [1.807, 2.05) is 0 Å². The first-order valence-corrected chi connectivity index (χ1v) is 3.95. The summed E-state index contributed by atoms with van der Waals surface area (Å²) in [5.74, 6) is 0. The summed E-state index contributed by atoms with van der Waals surface area (Å²) in [6, 6.07) is 4.82. The summed E-state index contributed by atoms with van der Waals surface area (Å²) in [6.45, 7) is 1.42. The SMILES string of the molecule is Cc1c(Br)c[c]cc1C(F)(F)F. The fraction of sp³-hybridized carbons (Fsp3) is 0.250. The van der Waals surface area contributed by atoms with Crippen LogP contribution in [-0.2, 0) is 6.18 Å². The third kappa shape index (κ3) is 1.80. The maximum Gasteiger partial charge on any atom is 0.416 e. The number of rotatable bonds is 0. The monoisotopic (exact) mass is 237 g/mol. The largest absolute Gasteiger partial charge is 0.416 e. The summed E-state index contributed by atoms with van der Waals surface area (Å²) in [5, 5.41) is 0. The van der Waals surface area contributed by atoms with Crippen LogP contribution >= 0.6 is 15.9 Å². The molecule has 0 spiro atoms. The molecule has 0 aromatic heterocycles. The van der Waals surface area contributed by atoms with E-state index in [1.165, 1.54) is 13.0 Å². The maximum atomic E-state index is 12.2. The molecule has 12 heavy (non-hydrogen) atoms. The van der Waals surface area contributed by atoms with Crippen LogP contribution in [-0.4, -0.2) is 0 Å². The zero-order chi connectivity index (χ0) is 9.35. The fourth-order valence-corrected chi connectivity index (χ4v) is 1.18. The number of benzene rings is 1. The van der Waals surface area contributed by atoms with Gasteiger partial charge >= 0.3 is 6.18 Å². The van der Waals surface area contributed by atoms with Gasteiger partial charge in [-0.1, -0.05) is 15.9 Å². The van der Waals surface area contributed by atoms with Crippen LogP contribution in [0.15, 0.2) is 16.6 Å². The summed E-state index contributed by atoms with van der Waals surface area (Å²) in [7, 11) is 0. The molecule has 0 unspecified atom stereocenters. The topological polar surface area (TPSA) is 0 Å². The lowest BCUT2D eigenvalue weighted by Gasteiger charge is -2.10. The van der Waals surface area contributed by atoms with Gasteiger partial charge in [0.05, 0.1) is 5.56 Å². The average Bonchev–Trinajstić information content (AvgIpc) is 1.92. The van der Waals surface area contributed by atoms with Gasteiger partial charge in [0.2, 0.25) is 0 Å². The third-order valence-electron chi connectivity index (χ3n) is 1.51. The van der Waals surface area contributed by atoms with Gasteiger partial charge in [0, 0.05) is 4.47 Å². The minimum atomic E-state index is -4.29. The van der Waals surface area contributed by atoms with Crippen molar-refractivity contribution in [2.24, 2.45) is 0 Å². The molecule has 0 aliphatic rings. The summed E-state index contributed by atoms with van der Waals surface area (Å²) < 4.78 is 37.0. The molecule has 0 saturated heterocycles. The Balaban J connectivity index is 3.26. The van der Waals surface area contributed by atoms with E-state index in [9.17, 15) is 13.2 Å². The molecule has 0 aliphatic carbocycles. The number of hydrogen-bond acceptors (Lipinski definition) is 0. The van der Waals surface area contributed by atoms with Gasteiger partial charge in [0.1, 0.15) is 0 Å². The molecule has 0 atom stereocenters. The highest BCUT2D eigenvalue weighted by atomic mass is 79.9. The van der Waals surface area contributed by atoms with Crippen LogP contribution in [0, 0.1) is 13.0 Å². The molecule has 0 fully saturated rings. The molecule has 0 aliphatic heterocycles. The van der Waals surface area contributed by atoms with Crippen LogP contribution in [0.5, 0.6) is 0 Å². The van der Waals surface area contributed by atoms with Gasteiger partial charge < -0.3 is 0 Å². The highest BCUT2D eigenvalue weighted by Crippen LogP contribution is 2.34. The highest BCUT2D eigenvalue weighted by molar-refractivity contribution is 9.10. The standard InChI is InChI=1S/C8H5BrF3/c1-5-6(8(10,11)12)3-2-4-7(5)9/h3-4H,1H3. The van der Waals surface area contributed by atoms with Crippen molar-refractivity contribution in [3.63, 3.8) is 0 Å². The van der Waals surface area contributed by atoms with Gasteiger partial charge in [0.15, 0.2) is 0 Å². The molecule has 4 heteroatoms. The molecule has 65 valence electrons. The van der Waals surface area contributed by atoms with Crippen LogP contribution in [0.4, 0.5) is 13.2 Å². The van der Waals surface area contributed by atoms with Crippen molar-refractivity contribution in [1.82, 2.24) is 0 Å². The summed E-state index contributed by atoms with van der Waals surface area (Å²) in [5.41, 5.74) is -0.446. The lowest BCUT2D eigenvalue weighted by molar-refractivity contribution is -0.138. The van der Waals surface area contributed by atoms with Crippen LogP contribution in [0.1, 0.15) is 11.1 Å². The molecule has 1 rings (SSSR count). The maximum absolute atomic E-state index is 12.2. The van der Waals surface area contributed by atoms with Crippen LogP contribution < -0.4 is 0 Å². The number of hydrogen-bond donors (Lipinski definition) is 0. The molecule has 0 nitrogen and oxygen atoms in total. The van der Waals surface area contributed by atoms with E-state index in [-0.39, 0.29) is 5.56 Å². The van der Waals surface area contributed by atoms with Gasteiger partial charge in [-0.15, -0.1) is 0 Å². The lowest BCUT2D eigenvalue weighted by atomic mass is 10.1. The Morgan fingerprint density at radius 1 is 1.33 bits per heavy atom. The molecule has 0 heterocycles. The second kappa shape index (κ2) is 3.09. The quantitative estimate of drug-likeness (QED) is 0.648. The molecule has 0 amide bonds. The van der Waals surface area contributed by atoms with E-state index in [0.717, 1.165) is 6.07 Å². The zero-order valence-corrected chi connectivity index (χ0v) is 7.75. The molecule has 1 aromatic rings. The Kier molecular flexibility index (Phi) is 2.46. The van der Waals surface area contributed by atoms with Crippen molar-refractivity contribution >= 4 is 15.9 Å². The van der Waals surface area contributed by atoms with Crippen LogP contribution in [0.3, 0.4) is 0 Å². The Labute approximate surface area is 76.5 Å². The average molecular weight is 238 g/mol. The van der Waals surface area contributed by atoms with Gasteiger partial charge in [-0.05, 0) is 30.7 Å². The van der Waals surface area contributed by atoms with Crippen LogP contribution in [0.2, 0.25) is 0 Å². The molecule has 1 radical (unpaired) electrons. The van der Waals surface area contributed by atoms with E-state index in [2.05, 4.69) is 22.0 Å². The van der Waals surface area contributed by atoms with E-state index in [1.54, 1.807) is 0 Å². The summed E-state index contributed by atoms with van der Waals surface area (Å²) in [4.78, 5) is 0. The van der Waals surface area contributed by atoms with E-state index >= 15 is 0 Å². The van der Waals surface area contributed by atoms with Crippen molar-refractivity contribution in [3.8, 4) is 0 Å². The Hall–Kier alpha value is -0.510. The van der Waals surface area contributed by atoms with Crippen molar-refractivity contribution in [1.29, 1.82) is 0 Å². The predicted octanol–water partition coefficient (Wildman–Crippen LogP) is 3.58. The van der Waals surface area contributed by atoms with Gasteiger partial charge in [0.25, 0.3) is 0 Å². The summed E-state index contributed by atoms with van der Waals surface area (Å²) >= 11 is 3.01. The van der Waals surface area contributed by atoms with Crippen molar-refractivity contribution in [2.75, 3.05) is 0 Å². The first kappa shape index (κ1) is 9.58. The highest BCUT2D eigenvalue weighted by Gasteiger charge is 2.32. The first-order valence-electron chi connectivity index (χ1n) is 3.16. The molecule has 1 aromatic carbocycles. The minimum absolute atomic E-state index is 0.196. The normalized spacial score (nSPS) is 11.8. The first-order chi connectivity index (χ1) is 5.43. The number of alkyl halides is 3. The van der Waals surface area contributed by atoms with E-state index in [4.69, 9.17) is 0 Å². The second-order valence-corrected chi connectivity index (χ2v) is 3.19. The molecule has 0 bridgehead atoms. The Morgan fingerprint density at radius 3 is 2.33 bits per heavy atom. The lowest BCUT2D eigenvalue weighted by Crippen LogP contribution is -2.07. The molecular weight excluding hydrogens is 233 g/mol. The van der Waals surface area contributed by atoms with Gasteiger partial charge in [-0.2, -0.15) is 13.2 Å². The Morgan fingerprint density at radius 2 is 1.92 bits per heavy atom. The fourth-order valence-electron chi connectivity index (χ4n) is 0.838. The predicted molar refractivity (Wildman–Crippen MR) is 42.7 cm³/mol. The smallest absolute Gasteiger partial charge is 0.166 e. The Bertz CT molecular complexity index is 291. The molecule has 0 saturated carbocycles. The van der Waals surface area contributed by atoms with Crippen molar-refractivity contribution < 1.29 is 13.2 Å². The van der Waals surface area contributed by atoms with Gasteiger partial charge in [-0.3, -0.25) is 0 Å². The second-order valence-electron chi connectivity index (χ2n) is 2.34. The number of halogens is 4. The molecule has 0 N–H and O–H groups in total. The van der Waals surface area contributed by atoms with E-state index < -0.39 is 11.7 Å². The van der Waals surface area contributed by atoms with Gasteiger partial charge in [-0.25, -0.2) is 0 Å². The molecular formula is C8H5BrF3. The van der Waals surface area contributed by atoms with Crippen LogP contribution in [0.25, 0.3) is 0 Å². The zero-order valence-electron chi connectivity index (χ0n) is 6.17. The third-order valence-corrected chi connectivity index (χ3v) is 2.33.